The fraction of sp³-hybridized carbons (Fsp3) is 0.278. The molecule has 0 radical (unpaired) electrons. The zero-order valence-electron chi connectivity index (χ0n) is 14.0. The SMILES string of the molecule is COc1ccc(Oc2nccnc2N2CCN(C=CC=O)CC2)cc1. The molecule has 2 heterocycles. The molecule has 1 fully saturated rings. The van der Waals surface area contributed by atoms with Crippen molar-refractivity contribution in [2.75, 3.05) is 38.2 Å². The molecule has 130 valence electrons. The molecule has 7 nitrogen and oxygen atoms in total. The molecule has 0 amide bonds. The maximum atomic E-state index is 10.4. The van der Waals surface area contributed by atoms with Crippen molar-refractivity contribution in [2.24, 2.45) is 0 Å². The van der Waals surface area contributed by atoms with Gasteiger partial charge < -0.3 is 19.3 Å². The monoisotopic (exact) mass is 340 g/mol. The Hall–Kier alpha value is -3.09. The summed E-state index contributed by atoms with van der Waals surface area (Å²) in [7, 11) is 1.63. The minimum absolute atomic E-state index is 0.476. The predicted octanol–water partition coefficient (Wildman–Crippen LogP) is 2.11. The van der Waals surface area contributed by atoms with E-state index in [0.29, 0.717) is 11.6 Å². The van der Waals surface area contributed by atoms with Crippen LogP contribution in [0.2, 0.25) is 0 Å². The van der Waals surface area contributed by atoms with Crippen LogP contribution in [-0.2, 0) is 4.79 Å². The minimum Gasteiger partial charge on any atom is -0.497 e. The lowest BCUT2D eigenvalue weighted by Gasteiger charge is -2.34. The van der Waals surface area contributed by atoms with E-state index in [4.69, 9.17) is 9.47 Å². The van der Waals surface area contributed by atoms with Crippen LogP contribution in [0.3, 0.4) is 0 Å². The van der Waals surface area contributed by atoms with Crippen LogP contribution in [0, 0.1) is 0 Å². The standard InChI is InChI=1S/C18H20N4O3/c1-24-15-3-5-16(6-4-15)25-18-17(19-7-8-20-18)22-12-10-21(11-13-22)9-2-14-23/h2-9,14H,10-13H2,1H3. The molecule has 0 atom stereocenters. The molecule has 1 aromatic heterocycles. The van der Waals surface area contributed by atoms with E-state index in [9.17, 15) is 4.79 Å². The van der Waals surface area contributed by atoms with E-state index < -0.39 is 0 Å². The van der Waals surface area contributed by atoms with Crippen molar-refractivity contribution < 1.29 is 14.3 Å². The number of carbonyl (C=O) groups is 1. The molecule has 0 bridgehead atoms. The van der Waals surface area contributed by atoms with Crippen LogP contribution in [-0.4, -0.2) is 54.4 Å². The summed E-state index contributed by atoms with van der Waals surface area (Å²) in [4.78, 5) is 23.4. The molecule has 1 aliphatic rings. The normalized spacial score (nSPS) is 14.6. The van der Waals surface area contributed by atoms with Gasteiger partial charge in [0.15, 0.2) is 5.82 Å². The number of benzene rings is 1. The first-order chi connectivity index (χ1) is 12.3. The number of piperazine rings is 1. The molecular formula is C18H20N4O3. The molecule has 0 saturated carbocycles. The maximum Gasteiger partial charge on any atom is 0.263 e. The second-order valence-electron chi connectivity index (χ2n) is 5.46. The summed E-state index contributed by atoms with van der Waals surface area (Å²) >= 11 is 0. The fourth-order valence-electron chi connectivity index (χ4n) is 2.60. The van der Waals surface area contributed by atoms with E-state index in [-0.39, 0.29) is 0 Å². The Morgan fingerprint density at radius 3 is 2.36 bits per heavy atom. The topological polar surface area (TPSA) is 67.8 Å². The number of carbonyl (C=O) groups excluding carboxylic acids is 1. The molecule has 1 saturated heterocycles. The first-order valence-corrected chi connectivity index (χ1v) is 8.04. The Morgan fingerprint density at radius 1 is 1.00 bits per heavy atom. The van der Waals surface area contributed by atoms with Crippen molar-refractivity contribution in [1.29, 1.82) is 0 Å². The summed E-state index contributed by atoms with van der Waals surface area (Å²) in [6, 6.07) is 7.34. The van der Waals surface area contributed by atoms with E-state index in [2.05, 4.69) is 19.8 Å². The third-order valence-corrected chi connectivity index (χ3v) is 3.91. The molecule has 0 unspecified atom stereocenters. The van der Waals surface area contributed by atoms with Crippen molar-refractivity contribution in [3.8, 4) is 17.4 Å². The predicted molar refractivity (Wildman–Crippen MR) is 94.1 cm³/mol. The van der Waals surface area contributed by atoms with Gasteiger partial charge in [-0.2, -0.15) is 0 Å². The number of rotatable bonds is 6. The van der Waals surface area contributed by atoms with Gasteiger partial charge in [0.2, 0.25) is 0 Å². The number of allylic oxidation sites excluding steroid dienone is 1. The van der Waals surface area contributed by atoms with Gasteiger partial charge in [-0.05, 0) is 30.3 Å². The third kappa shape index (κ3) is 4.26. The van der Waals surface area contributed by atoms with Crippen LogP contribution >= 0.6 is 0 Å². The van der Waals surface area contributed by atoms with Crippen LogP contribution in [0.5, 0.6) is 17.4 Å². The van der Waals surface area contributed by atoms with Crippen LogP contribution in [0.4, 0.5) is 5.82 Å². The Balaban J connectivity index is 1.70. The molecule has 1 aliphatic heterocycles. The highest BCUT2D eigenvalue weighted by molar-refractivity contribution is 5.64. The van der Waals surface area contributed by atoms with Gasteiger partial charge in [-0.25, -0.2) is 9.97 Å². The summed E-state index contributed by atoms with van der Waals surface area (Å²) in [5.41, 5.74) is 0. The van der Waals surface area contributed by atoms with Crippen molar-refractivity contribution in [3.63, 3.8) is 0 Å². The summed E-state index contributed by atoms with van der Waals surface area (Å²) in [5, 5.41) is 0. The average molecular weight is 340 g/mol. The van der Waals surface area contributed by atoms with Gasteiger partial charge in [0.1, 0.15) is 17.8 Å². The Labute approximate surface area is 146 Å². The number of methoxy groups -OCH3 is 1. The van der Waals surface area contributed by atoms with Gasteiger partial charge in [-0.3, -0.25) is 4.79 Å². The lowest BCUT2D eigenvalue weighted by molar-refractivity contribution is -0.104. The van der Waals surface area contributed by atoms with E-state index >= 15 is 0 Å². The summed E-state index contributed by atoms with van der Waals surface area (Å²) in [6.45, 7) is 3.17. The molecule has 0 spiro atoms. The van der Waals surface area contributed by atoms with Gasteiger partial charge in [0, 0.05) is 44.8 Å². The maximum absolute atomic E-state index is 10.4. The van der Waals surface area contributed by atoms with Gasteiger partial charge in [0.05, 0.1) is 7.11 Å². The largest absolute Gasteiger partial charge is 0.497 e. The van der Waals surface area contributed by atoms with Crippen LogP contribution in [0.25, 0.3) is 0 Å². The lowest BCUT2D eigenvalue weighted by atomic mass is 10.3. The Kier molecular flexibility index (Phi) is 5.46. The summed E-state index contributed by atoms with van der Waals surface area (Å²) in [6.07, 6.45) is 7.39. The molecule has 7 heteroatoms. The number of aromatic nitrogens is 2. The van der Waals surface area contributed by atoms with Crippen LogP contribution in [0.1, 0.15) is 0 Å². The van der Waals surface area contributed by atoms with Gasteiger partial charge in [0.25, 0.3) is 5.88 Å². The second kappa shape index (κ2) is 8.14. The smallest absolute Gasteiger partial charge is 0.263 e. The number of hydrogen-bond acceptors (Lipinski definition) is 7. The molecule has 2 aromatic rings. The number of aldehydes is 1. The number of hydrogen-bond donors (Lipinski definition) is 0. The molecule has 0 aliphatic carbocycles. The zero-order valence-corrected chi connectivity index (χ0v) is 14.0. The van der Waals surface area contributed by atoms with E-state index in [1.165, 1.54) is 6.08 Å². The molecular weight excluding hydrogens is 320 g/mol. The second-order valence-corrected chi connectivity index (χ2v) is 5.46. The number of nitrogens with zero attached hydrogens (tertiary/aromatic N) is 4. The van der Waals surface area contributed by atoms with Crippen LogP contribution < -0.4 is 14.4 Å². The van der Waals surface area contributed by atoms with Gasteiger partial charge in [-0.1, -0.05) is 0 Å². The molecule has 3 rings (SSSR count). The molecule has 1 aromatic carbocycles. The number of anilines is 1. The third-order valence-electron chi connectivity index (χ3n) is 3.91. The van der Waals surface area contributed by atoms with Gasteiger partial charge in [-0.15, -0.1) is 0 Å². The fourth-order valence-corrected chi connectivity index (χ4v) is 2.60. The van der Waals surface area contributed by atoms with E-state index in [1.54, 1.807) is 19.5 Å². The van der Waals surface area contributed by atoms with Gasteiger partial charge >= 0.3 is 0 Å². The number of ether oxygens (including phenoxy) is 2. The van der Waals surface area contributed by atoms with Crippen molar-refractivity contribution >= 4 is 12.1 Å². The minimum atomic E-state index is 0.476. The quantitative estimate of drug-likeness (QED) is 0.589. The first kappa shape index (κ1) is 16.8. The van der Waals surface area contributed by atoms with Crippen LogP contribution in [0.15, 0.2) is 48.9 Å². The Bertz CT molecular complexity index is 725. The highest BCUT2D eigenvalue weighted by Gasteiger charge is 2.20. The first-order valence-electron chi connectivity index (χ1n) is 8.04. The molecule has 25 heavy (non-hydrogen) atoms. The van der Waals surface area contributed by atoms with E-state index in [0.717, 1.165) is 44.0 Å². The molecule has 0 N–H and O–H groups in total. The zero-order chi connectivity index (χ0) is 17.5. The highest BCUT2D eigenvalue weighted by atomic mass is 16.5. The van der Waals surface area contributed by atoms with Crippen molar-refractivity contribution in [2.45, 2.75) is 0 Å². The van der Waals surface area contributed by atoms with E-state index in [1.807, 2.05) is 30.5 Å². The van der Waals surface area contributed by atoms with Crippen molar-refractivity contribution in [1.82, 2.24) is 14.9 Å². The summed E-state index contributed by atoms with van der Waals surface area (Å²) < 4.78 is 11.1. The summed E-state index contributed by atoms with van der Waals surface area (Å²) in [5.74, 6) is 2.64. The Morgan fingerprint density at radius 2 is 1.68 bits per heavy atom. The highest BCUT2D eigenvalue weighted by Crippen LogP contribution is 2.29. The van der Waals surface area contributed by atoms with Crippen molar-refractivity contribution in [3.05, 3.63) is 48.9 Å². The average Bonchev–Trinajstić information content (AvgIpc) is 2.68. The lowest BCUT2D eigenvalue weighted by Crippen LogP contribution is -2.44.